The number of ether oxygens (including phenoxy) is 2. The van der Waals surface area contributed by atoms with E-state index in [1.54, 1.807) is 7.11 Å². The molecule has 0 aliphatic carbocycles. The van der Waals surface area contributed by atoms with Gasteiger partial charge in [-0.15, -0.1) is 0 Å². The molecule has 0 amide bonds. The number of hydrogen-bond acceptors (Lipinski definition) is 4. The van der Waals surface area contributed by atoms with Crippen LogP contribution in [0.4, 0.5) is 0 Å². The second-order valence-electron chi connectivity index (χ2n) is 4.93. The number of nitrogens with one attached hydrogen (secondary N) is 1. The van der Waals surface area contributed by atoms with E-state index in [1.165, 1.54) is 5.56 Å². The minimum Gasteiger partial charge on any atom is -0.492 e. The number of methoxy groups -OCH3 is 1. The van der Waals surface area contributed by atoms with E-state index in [0.717, 1.165) is 45.0 Å². The highest BCUT2D eigenvalue weighted by Gasteiger charge is 2.03. The van der Waals surface area contributed by atoms with Crippen LogP contribution in [0.2, 0.25) is 0 Å². The number of likely N-dealkylation sites (N-methyl/N-ethyl adjacent to an activating group) is 1. The maximum Gasteiger partial charge on any atom is 0.123 e. The smallest absolute Gasteiger partial charge is 0.123 e. The zero-order valence-electron chi connectivity index (χ0n) is 13.0. The SMILES string of the molecule is CCCNCc1ccccc1OCCN(C)CCOC. The predicted molar refractivity (Wildman–Crippen MR) is 83.3 cm³/mol. The summed E-state index contributed by atoms with van der Waals surface area (Å²) in [4.78, 5) is 2.21. The fraction of sp³-hybridized carbons (Fsp3) is 0.625. The van der Waals surface area contributed by atoms with Crippen molar-refractivity contribution >= 4 is 0 Å². The van der Waals surface area contributed by atoms with Gasteiger partial charge in [-0.3, -0.25) is 0 Å². The quantitative estimate of drug-likeness (QED) is 0.630. The number of hydrogen-bond donors (Lipinski definition) is 1. The topological polar surface area (TPSA) is 33.7 Å². The Balaban J connectivity index is 2.35. The van der Waals surface area contributed by atoms with Gasteiger partial charge in [-0.1, -0.05) is 25.1 Å². The van der Waals surface area contributed by atoms with Crippen LogP contribution in [0.3, 0.4) is 0 Å². The summed E-state index contributed by atoms with van der Waals surface area (Å²) in [6.07, 6.45) is 1.15. The molecule has 0 aliphatic heterocycles. The molecule has 1 aromatic carbocycles. The molecule has 0 saturated carbocycles. The van der Waals surface area contributed by atoms with E-state index in [4.69, 9.17) is 9.47 Å². The molecule has 0 radical (unpaired) electrons. The highest BCUT2D eigenvalue weighted by molar-refractivity contribution is 5.33. The molecule has 0 aromatic heterocycles. The summed E-state index contributed by atoms with van der Waals surface area (Å²) in [5, 5.41) is 3.41. The lowest BCUT2D eigenvalue weighted by molar-refractivity contribution is 0.150. The van der Waals surface area contributed by atoms with E-state index in [1.807, 2.05) is 12.1 Å². The molecule has 4 heteroatoms. The third-order valence-electron chi connectivity index (χ3n) is 3.12. The molecule has 0 atom stereocenters. The highest BCUT2D eigenvalue weighted by Crippen LogP contribution is 2.17. The van der Waals surface area contributed by atoms with Gasteiger partial charge < -0.3 is 19.7 Å². The predicted octanol–water partition coefficient (Wildman–Crippen LogP) is 2.14. The number of benzene rings is 1. The summed E-state index contributed by atoms with van der Waals surface area (Å²) < 4.78 is 11.0. The van der Waals surface area contributed by atoms with E-state index >= 15 is 0 Å². The van der Waals surface area contributed by atoms with Crippen LogP contribution in [0.1, 0.15) is 18.9 Å². The second-order valence-corrected chi connectivity index (χ2v) is 4.93. The molecule has 20 heavy (non-hydrogen) atoms. The Kier molecular flexibility index (Phi) is 9.04. The lowest BCUT2D eigenvalue weighted by Gasteiger charge is -2.17. The first-order valence-corrected chi connectivity index (χ1v) is 7.36. The summed E-state index contributed by atoms with van der Waals surface area (Å²) in [7, 11) is 3.81. The molecule has 1 rings (SSSR count). The lowest BCUT2D eigenvalue weighted by atomic mass is 10.2. The van der Waals surface area contributed by atoms with E-state index in [9.17, 15) is 0 Å². The minimum atomic E-state index is 0.699. The summed E-state index contributed by atoms with van der Waals surface area (Å²) in [5.41, 5.74) is 1.22. The van der Waals surface area contributed by atoms with Crippen molar-refractivity contribution in [2.24, 2.45) is 0 Å². The van der Waals surface area contributed by atoms with Crippen LogP contribution in [0, 0.1) is 0 Å². The molecular weight excluding hydrogens is 252 g/mol. The summed E-state index contributed by atoms with van der Waals surface area (Å²) in [6.45, 7) is 7.36. The van der Waals surface area contributed by atoms with Gasteiger partial charge in [0, 0.05) is 32.3 Å². The van der Waals surface area contributed by atoms with Gasteiger partial charge in [0.1, 0.15) is 12.4 Å². The Morgan fingerprint density at radius 3 is 2.65 bits per heavy atom. The largest absolute Gasteiger partial charge is 0.492 e. The van der Waals surface area contributed by atoms with Crippen molar-refractivity contribution in [2.75, 3.05) is 47.0 Å². The van der Waals surface area contributed by atoms with Gasteiger partial charge in [-0.25, -0.2) is 0 Å². The molecular formula is C16H28N2O2. The minimum absolute atomic E-state index is 0.699. The van der Waals surface area contributed by atoms with Gasteiger partial charge in [0.25, 0.3) is 0 Å². The molecule has 0 aliphatic rings. The van der Waals surface area contributed by atoms with Gasteiger partial charge in [0.15, 0.2) is 0 Å². The fourth-order valence-electron chi connectivity index (χ4n) is 1.86. The molecule has 0 heterocycles. The van der Waals surface area contributed by atoms with Gasteiger partial charge >= 0.3 is 0 Å². The van der Waals surface area contributed by atoms with Crippen molar-refractivity contribution in [3.05, 3.63) is 29.8 Å². The zero-order chi connectivity index (χ0) is 14.6. The molecule has 0 bridgehead atoms. The Morgan fingerprint density at radius 1 is 1.15 bits per heavy atom. The third-order valence-corrected chi connectivity index (χ3v) is 3.12. The van der Waals surface area contributed by atoms with Crippen LogP contribution in [0.15, 0.2) is 24.3 Å². The maximum atomic E-state index is 5.90. The molecule has 1 N–H and O–H groups in total. The van der Waals surface area contributed by atoms with E-state index in [-0.39, 0.29) is 0 Å². The van der Waals surface area contributed by atoms with Crippen molar-refractivity contribution in [3.63, 3.8) is 0 Å². The first-order chi connectivity index (χ1) is 9.77. The zero-order valence-corrected chi connectivity index (χ0v) is 13.0. The summed E-state index contributed by atoms with van der Waals surface area (Å²) >= 11 is 0. The molecule has 0 fully saturated rings. The highest BCUT2D eigenvalue weighted by atomic mass is 16.5. The Hall–Kier alpha value is -1.10. The van der Waals surface area contributed by atoms with Crippen LogP contribution >= 0.6 is 0 Å². The number of rotatable bonds is 11. The Labute approximate surface area is 123 Å². The van der Waals surface area contributed by atoms with Gasteiger partial charge in [0.2, 0.25) is 0 Å². The first kappa shape index (κ1) is 17.0. The monoisotopic (exact) mass is 280 g/mol. The van der Waals surface area contributed by atoms with E-state index < -0.39 is 0 Å². The van der Waals surface area contributed by atoms with Crippen molar-refractivity contribution < 1.29 is 9.47 Å². The standard InChI is InChI=1S/C16H28N2O2/c1-4-9-17-14-15-7-5-6-8-16(15)20-13-11-18(2)10-12-19-3/h5-8,17H,4,9-14H2,1-3H3. The van der Waals surface area contributed by atoms with Crippen molar-refractivity contribution in [1.29, 1.82) is 0 Å². The van der Waals surface area contributed by atoms with Crippen LogP contribution in [-0.2, 0) is 11.3 Å². The number of nitrogens with zero attached hydrogens (tertiary/aromatic N) is 1. The van der Waals surface area contributed by atoms with Crippen LogP contribution in [-0.4, -0.2) is 51.9 Å². The molecule has 114 valence electrons. The molecule has 4 nitrogen and oxygen atoms in total. The van der Waals surface area contributed by atoms with Gasteiger partial charge in [-0.05, 0) is 26.1 Å². The average Bonchev–Trinajstić information content (AvgIpc) is 2.47. The maximum absolute atomic E-state index is 5.90. The molecule has 0 saturated heterocycles. The van der Waals surface area contributed by atoms with Crippen molar-refractivity contribution in [3.8, 4) is 5.75 Å². The van der Waals surface area contributed by atoms with Gasteiger partial charge in [-0.2, -0.15) is 0 Å². The van der Waals surface area contributed by atoms with Crippen LogP contribution in [0.25, 0.3) is 0 Å². The second kappa shape index (κ2) is 10.7. The fourth-order valence-corrected chi connectivity index (χ4v) is 1.86. The summed E-state index contributed by atoms with van der Waals surface area (Å²) in [6, 6.07) is 8.23. The van der Waals surface area contributed by atoms with Gasteiger partial charge in [0.05, 0.1) is 6.61 Å². The first-order valence-electron chi connectivity index (χ1n) is 7.36. The number of para-hydroxylation sites is 1. The average molecular weight is 280 g/mol. The van der Waals surface area contributed by atoms with Crippen LogP contribution in [0.5, 0.6) is 5.75 Å². The third kappa shape index (κ3) is 6.89. The van der Waals surface area contributed by atoms with E-state index in [0.29, 0.717) is 6.61 Å². The van der Waals surface area contributed by atoms with Crippen LogP contribution < -0.4 is 10.1 Å². The molecule has 0 spiro atoms. The summed E-state index contributed by atoms with van der Waals surface area (Å²) in [5.74, 6) is 0.983. The molecule has 0 unspecified atom stereocenters. The Morgan fingerprint density at radius 2 is 1.90 bits per heavy atom. The lowest BCUT2D eigenvalue weighted by Crippen LogP contribution is -2.27. The Bertz CT molecular complexity index is 358. The normalized spacial score (nSPS) is 11.0. The molecule has 1 aromatic rings. The van der Waals surface area contributed by atoms with E-state index in [2.05, 4.69) is 36.3 Å². The van der Waals surface area contributed by atoms with Crippen molar-refractivity contribution in [2.45, 2.75) is 19.9 Å². The van der Waals surface area contributed by atoms with Crippen molar-refractivity contribution in [1.82, 2.24) is 10.2 Å².